The molecule has 120 valence electrons. The van der Waals surface area contributed by atoms with Gasteiger partial charge < -0.3 is 14.8 Å². The summed E-state index contributed by atoms with van der Waals surface area (Å²) in [5.41, 5.74) is 1.32. The summed E-state index contributed by atoms with van der Waals surface area (Å²) in [7, 11) is 0. The van der Waals surface area contributed by atoms with Crippen LogP contribution < -0.4 is 14.8 Å². The molecule has 0 radical (unpaired) electrons. The van der Waals surface area contributed by atoms with Gasteiger partial charge in [0, 0.05) is 12.1 Å². The molecule has 0 saturated heterocycles. The topological polar surface area (TPSA) is 30.5 Å². The molecule has 0 aliphatic carbocycles. The van der Waals surface area contributed by atoms with Gasteiger partial charge in [-0.1, -0.05) is 19.4 Å². The molecule has 0 aliphatic heterocycles. The van der Waals surface area contributed by atoms with E-state index in [4.69, 9.17) is 9.47 Å². The molecular weight excluding hydrogens is 262 g/mol. The molecule has 21 heavy (non-hydrogen) atoms. The maximum absolute atomic E-state index is 5.99. The lowest BCUT2D eigenvalue weighted by Crippen LogP contribution is -2.35. The maximum Gasteiger partial charge on any atom is 0.161 e. The number of benzene rings is 1. The van der Waals surface area contributed by atoms with Crippen LogP contribution in [0.4, 0.5) is 0 Å². The lowest BCUT2D eigenvalue weighted by Gasteiger charge is -2.22. The molecule has 0 aromatic heterocycles. The normalized spacial score (nSPS) is 13.0. The Hall–Kier alpha value is -1.22. The van der Waals surface area contributed by atoms with Crippen LogP contribution in [-0.2, 0) is 6.54 Å². The van der Waals surface area contributed by atoms with Gasteiger partial charge in [-0.05, 0) is 58.7 Å². The summed E-state index contributed by atoms with van der Waals surface area (Å²) < 4.78 is 11.7. The molecule has 0 heterocycles. The summed E-state index contributed by atoms with van der Waals surface area (Å²) in [6.45, 7) is 14.3. The third-order valence-electron chi connectivity index (χ3n) is 3.15. The molecule has 3 nitrogen and oxygen atoms in total. The molecule has 0 spiro atoms. The van der Waals surface area contributed by atoms with Gasteiger partial charge in [0.2, 0.25) is 0 Å². The lowest BCUT2D eigenvalue weighted by atomic mass is 10.1. The van der Waals surface area contributed by atoms with Crippen molar-refractivity contribution in [3.05, 3.63) is 23.8 Å². The Morgan fingerprint density at radius 1 is 1.14 bits per heavy atom. The summed E-state index contributed by atoms with van der Waals surface area (Å²) in [4.78, 5) is 0. The Morgan fingerprint density at radius 2 is 1.86 bits per heavy atom. The van der Waals surface area contributed by atoms with E-state index in [0.29, 0.717) is 6.61 Å². The van der Waals surface area contributed by atoms with Gasteiger partial charge in [0.05, 0.1) is 12.7 Å². The van der Waals surface area contributed by atoms with Crippen molar-refractivity contribution in [3.63, 3.8) is 0 Å². The van der Waals surface area contributed by atoms with Crippen LogP contribution in [0, 0.1) is 0 Å². The molecule has 1 aromatic carbocycles. The fourth-order valence-electron chi connectivity index (χ4n) is 2.08. The van der Waals surface area contributed by atoms with Crippen molar-refractivity contribution in [3.8, 4) is 11.5 Å². The average Bonchev–Trinajstić information content (AvgIpc) is 2.38. The second-order valence-corrected chi connectivity index (χ2v) is 6.53. The first-order chi connectivity index (χ1) is 9.85. The van der Waals surface area contributed by atoms with E-state index in [0.717, 1.165) is 30.9 Å². The van der Waals surface area contributed by atoms with Crippen LogP contribution in [0.5, 0.6) is 11.5 Å². The average molecular weight is 293 g/mol. The zero-order chi connectivity index (χ0) is 15.9. The molecule has 1 N–H and O–H groups in total. The van der Waals surface area contributed by atoms with Crippen molar-refractivity contribution < 1.29 is 9.47 Å². The first-order valence-corrected chi connectivity index (χ1v) is 8.03. The summed E-state index contributed by atoms with van der Waals surface area (Å²) >= 11 is 0. The Bertz CT molecular complexity index is 424. The van der Waals surface area contributed by atoms with E-state index in [2.05, 4.69) is 52.1 Å². The monoisotopic (exact) mass is 293 g/mol. The summed E-state index contributed by atoms with van der Waals surface area (Å²) in [5, 5.41) is 3.49. The Kier molecular flexibility index (Phi) is 7.03. The first-order valence-electron chi connectivity index (χ1n) is 8.03. The fourth-order valence-corrected chi connectivity index (χ4v) is 2.08. The number of hydrogen-bond acceptors (Lipinski definition) is 3. The van der Waals surface area contributed by atoms with Gasteiger partial charge in [-0.3, -0.25) is 0 Å². The van der Waals surface area contributed by atoms with Gasteiger partial charge in [0.1, 0.15) is 0 Å². The molecule has 0 aliphatic rings. The molecule has 1 unspecified atom stereocenters. The fraction of sp³-hybridized carbons (Fsp3) is 0.667. The van der Waals surface area contributed by atoms with Gasteiger partial charge in [0.25, 0.3) is 0 Å². The van der Waals surface area contributed by atoms with Gasteiger partial charge >= 0.3 is 0 Å². The minimum atomic E-state index is 0.108. The highest BCUT2D eigenvalue weighted by Crippen LogP contribution is 2.30. The quantitative estimate of drug-likeness (QED) is 0.763. The van der Waals surface area contributed by atoms with Crippen LogP contribution in [0.3, 0.4) is 0 Å². The first kappa shape index (κ1) is 17.8. The maximum atomic E-state index is 5.99. The van der Waals surface area contributed by atoms with Gasteiger partial charge in [-0.25, -0.2) is 0 Å². The number of rotatable bonds is 8. The highest BCUT2D eigenvalue weighted by Gasteiger charge is 2.12. The molecule has 0 fully saturated rings. The van der Waals surface area contributed by atoms with Crippen molar-refractivity contribution in [2.75, 3.05) is 6.61 Å². The van der Waals surface area contributed by atoms with Gasteiger partial charge in [-0.15, -0.1) is 0 Å². The van der Waals surface area contributed by atoms with Gasteiger partial charge in [-0.2, -0.15) is 0 Å². The van der Waals surface area contributed by atoms with Crippen molar-refractivity contribution in [1.82, 2.24) is 5.32 Å². The van der Waals surface area contributed by atoms with E-state index < -0.39 is 0 Å². The largest absolute Gasteiger partial charge is 0.490 e. The standard InChI is InChI=1S/C18H31NO2/c1-7-9-14(3)21-16-11-10-15(12-17(16)20-8-2)13-19-18(4,5)6/h10-12,14,19H,7-9,13H2,1-6H3. The van der Waals surface area contributed by atoms with E-state index in [1.807, 2.05) is 13.0 Å². The Balaban J connectivity index is 2.80. The number of hydrogen-bond donors (Lipinski definition) is 1. The van der Waals surface area contributed by atoms with Gasteiger partial charge in [0.15, 0.2) is 11.5 Å². The summed E-state index contributed by atoms with van der Waals surface area (Å²) in [6, 6.07) is 6.21. The van der Waals surface area contributed by atoms with Crippen LogP contribution in [0.2, 0.25) is 0 Å². The van der Waals surface area contributed by atoms with E-state index in [-0.39, 0.29) is 11.6 Å². The SMILES string of the molecule is CCCC(C)Oc1ccc(CNC(C)(C)C)cc1OCC. The summed E-state index contributed by atoms with van der Waals surface area (Å²) in [5.74, 6) is 1.69. The van der Waals surface area contributed by atoms with Crippen LogP contribution >= 0.6 is 0 Å². The lowest BCUT2D eigenvalue weighted by molar-refractivity contribution is 0.197. The molecule has 1 atom stereocenters. The number of nitrogens with one attached hydrogen (secondary N) is 1. The summed E-state index contributed by atoms with van der Waals surface area (Å²) in [6.07, 6.45) is 2.39. The zero-order valence-electron chi connectivity index (χ0n) is 14.5. The van der Waals surface area contributed by atoms with Crippen LogP contribution in [0.25, 0.3) is 0 Å². The Labute approximate surface area is 130 Å². The number of ether oxygens (including phenoxy) is 2. The van der Waals surface area contributed by atoms with Crippen LogP contribution in [0.1, 0.15) is 59.9 Å². The second-order valence-electron chi connectivity index (χ2n) is 6.53. The molecule has 3 heteroatoms. The van der Waals surface area contributed by atoms with Crippen molar-refractivity contribution in [1.29, 1.82) is 0 Å². The molecule has 1 rings (SSSR count). The third-order valence-corrected chi connectivity index (χ3v) is 3.15. The van der Waals surface area contributed by atoms with Crippen molar-refractivity contribution in [2.45, 2.75) is 72.6 Å². The molecule has 0 amide bonds. The van der Waals surface area contributed by atoms with Crippen molar-refractivity contribution in [2.24, 2.45) is 0 Å². The molecule has 1 aromatic rings. The second kappa shape index (κ2) is 8.28. The van der Waals surface area contributed by atoms with E-state index in [1.165, 1.54) is 5.56 Å². The van der Waals surface area contributed by atoms with Crippen LogP contribution in [-0.4, -0.2) is 18.2 Å². The minimum Gasteiger partial charge on any atom is -0.490 e. The highest BCUT2D eigenvalue weighted by molar-refractivity contribution is 5.43. The predicted octanol–water partition coefficient (Wildman–Crippen LogP) is 4.54. The smallest absolute Gasteiger partial charge is 0.161 e. The molecule has 0 bridgehead atoms. The highest BCUT2D eigenvalue weighted by atomic mass is 16.5. The molecule has 0 saturated carbocycles. The van der Waals surface area contributed by atoms with E-state index in [1.54, 1.807) is 0 Å². The Morgan fingerprint density at radius 3 is 2.43 bits per heavy atom. The van der Waals surface area contributed by atoms with E-state index >= 15 is 0 Å². The third kappa shape index (κ3) is 6.85. The van der Waals surface area contributed by atoms with Crippen LogP contribution in [0.15, 0.2) is 18.2 Å². The van der Waals surface area contributed by atoms with Crippen molar-refractivity contribution >= 4 is 0 Å². The minimum absolute atomic E-state index is 0.108. The molecular formula is C18H31NO2. The predicted molar refractivity (Wildman–Crippen MR) is 89.2 cm³/mol. The van der Waals surface area contributed by atoms with E-state index in [9.17, 15) is 0 Å². The zero-order valence-corrected chi connectivity index (χ0v) is 14.5.